The number of likely N-dealkylation sites (tertiary alicyclic amines) is 1. The quantitative estimate of drug-likeness (QED) is 0.537. The van der Waals surface area contributed by atoms with Crippen molar-refractivity contribution >= 4 is 22.8 Å². The molecule has 4 aromatic rings. The molecule has 1 aliphatic heterocycles. The summed E-state index contributed by atoms with van der Waals surface area (Å²) >= 11 is 0. The number of rotatable bonds is 2. The number of carbonyl (C=O) groups is 1. The molecule has 31 heavy (non-hydrogen) atoms. The number of fused-ring (bicyclic) bond motifs is 2. The van der Waals surface area contributed by atoms with Gasteiger partial charge in [-0.1, -0.05) is 6.07 Å². The van der Waals surface area contributed by atoms with Crippen molar-refractivity contribution in [2.24, 2.45) is 0 Å². The van der Waals surface area contributed by atoms with Crippen molar-refractivity contribution in [3.8, 4) is 11.3 Å². The highest BCUT2D eigenvalue weighted by Crippen LogP contribution is 2.28. The first-order valence-electron chi connectivity index (χ1n) is 10.3. The second kappa shape index (κ2) is 6.97. The molecule has 9 nitrogen and oxygen atoms in total. The SMILES string of the molecule is CC(C)(C)OC(=O)N1CCC(n2c(=O)[nH]c3ccc(-c4cnn5ccccc45)nc32)C1. The summed E-state index contributed by atoms with van der Waals surface area (Å²) in [7, 11) is 0. The van der Waals surface area contributed by atoms with E-state index in [9.17, 15) is 9.59 Å². The summed E-state index contributed by atoms with van der Waals surface area (Å²) in [4.78, 5) is 34.5. The van der Waals surface area contributed by atoms with E-state index in [4.69, 9.17) is 9.72 Å². The summed E-state index contributed by atoms with van der Waals surface area (Å²) in [5.41, 5.74) is 3.03. The predicted molar refractivity (Wildman–Crippen MR) is 116 cm³/mol. The molecule has 5 rings (SSSR count). The molecule has 4 aromatic heterocycles. The molecule has 0 bridgehead atoms. The van der Waals surface area contributed by atoms with Crippen LogP contribution in [0.4, 0.5) is 4.79 Å². The molecule has 0 aromatic carbocycles. The lowest BCUT2D eigenvalue weighted by Crippen LogP contribution is -2.36. The molecule has 5 heterocycles. The summed E-state index contributed by atoms with van der Waals surface area (Å²) in [5.74, 6) is 0. The van der Waals surface area contributed by atoms with Crippen molar-refractivity contribution in [3.63, 3.8) is 0 Å². The Morgan fingerprint density at radius 3 is 2.87 bits per heavy atom. The number of nitrogens with one attached hydrogen (secondary N) is 1. The van der Waals surface area contributed by atoms with Crippen LogP contribution in [-0.4, -0.2) is 53.8 Å². The number of aromatic amines is 1. The van der Waals surface area contributed by atoms with E-state index in [1.54, 1.807) is 20.2 Å². The number of amides is 1. The minimum atomic E-state index is -0.558. The molecule has 1 saturated heterocycles. The molecule has 1 unspecified atom stereocenters. The van der Waals surface area contributed by atoms with Gasteiger partial charge in [-0.3, -0.25) is 4.57 Å². The molecule has 0 radical (unpaired) electrons. The molecule has 0 aliphatic carbocycles. The first kappa shape index (κ1) is 19.3. The van der Waals surface area contributed by atoms with Gasteiger partial charge >= 0.3 is 11.8 Å². The van der Waals surface area contributed by atoms with E-state index in [1.807, 2.05) is 57.3 Å². The number of carbonyl (C=O) groups excluding carboxylic acids is 1. The molecule has 1 N–H and O–H groups in total. The molecule has 1 atom stereocenters. The minimum absolute atomic E-state index is 0.166. The second-order valence-electron chi connectivity index (χ2n) is 8.83. The summed E-state index contributed by atoms with van der Waals surface area (Å²) < 4.78 is 8.94. The van der Waals surface area contributed by atoms with Gasteiger partial charge in [-0.2, -0.15) is 5.10 Å². The normalized spacial score (nSPS) is 17.0. The lowest BCUT2D eigenvalue weighted by Gasteiger charge is -2.24. The number of aromatic nitrogens is 5. The van der Waals surface area contributed by atoms with E-state index in [1.165, 1.54) is 0 Å². The summed E-state index contributed by atoms with van der Waals surface area (Å²) in [5, 5.41) is 4.38. The molecular weight excluding hydrogens is 396 g/mol. The van der Waals surface area contributed by atoms with Crippen LogP contribution in [0.5, 0.6) is 0 Å². The third-order valence-corrected chi connectivity index (χ3v) is 5.45. The zero-order valence-corrected chi connectivity index (χ0v) is 17.7. The number of ether oxygens (including phenoxy) is 1. The maximum Gasteiger partial charge on any atom is 0.410 e. The zero-order chi connectivity index (χ0) is 21.8. The Morgan fingerprint density at radius 1 is 1.23 bits per heavy atom. The highest BCUT2D eigenvalue weighted by atomic mass is 16.6. The Balaban J connectivity index is 1.50. The smallest absolute Gasteiger partial charge is 0.410 e. The van der Waals surface area contributed by atoms with Gasteiger partial charge in [0.2, 0.25) is 0 Å². The molecule has 1 amide bonds. The molecule has 1 aliphatic rings. The van der Waals surface area contributed by atoms with Crippen LogP contribution >= 0.6 is 0 Å². The fourth-order valence-electron chi connectivity index (χ4n) is 4.07. The van der Waals surface area contributed by atoms with Gasteiger partial charge in [0.05, 0.1) is 29.0 Å². The molecule has 1 fully saturated rings. The number of hydrogen-bond donors (Lipinski definition) is 1. The van der Waals surface area contributed by atoms with Gasteiger partial charge in [0, 0.05) is 24.8 Å². The molecule has 160 valence electrons. The van der Waals surface area contributed by atoms with Crippen molar-refractivity contribution < 1.29 is 9.53 Å². The number of nitrogens with zero attached hydrogens (tertiary/aromatic N) is 5. The molecule has 9 heteroatoms. The van der Waals surface area contributed by atoms with Gasteiger partial charge in [0.15, 0.2) is 5.65 Å². The van der Waals surface area contributed by atoms with E-state index in [2.05, 4.69) is 10.1 Å². The fraction of sp³-hybridized carbons (Fsp3) is 0.364. The van der Waals surface area contributed by atoms with E-state index < -0.39 is 5.60 Å². The van der Waals surface area contributed by atoms with Crippen LogP contribution < -0.4 is 5.69 Å². The van der Waals surface area contributed by atoms with Gasteiger partial charge < -0.3 is 14.6 Å². The highest BCUT2D eigenvalue weighted by Gasteiger charge is 2.32. The Labute approximate surface area is 178 Å². The van der Waals surface area contributed by atoms with Crippen LogP contribution in [0.25, 0.3) is 27.9 Å². The van der Waals surface area contributed by atoms with Gasteiger partial charge in [-0.25, -0.2) is 19.1 Å². The predicted octanol–water partition coefficient (Wildman–Crippen LogP) is 3.22. The minimum Gasteiger partial charge on any atom is -0.444 e. The largest absolute Gasteiger partial charge is 0.444 e. The average Bonchev–Trinajstić information content (AvgIpc) is 3.42. The van der Waals surface area contributed by atoms with Crippen LogP contribution in [0.2, 0.25) is 0 Å². The highest BCUT2D eigenvalue weighted by molar-refractivity contribution is 5.82. The van der Waals surface area contributed by atoms with Crippen molar-refractivity contribution in [2.75, 3.05) is 13.1 Å². The van der Waals surface area contributed by atoms with Crippen molar-refractivity contribution in [2.45, 2.75) is 38.8 Å². The van der Waals surface area contributed by atoms with Crippen molar-refractivity contribution in [1.29, 1.82) is 0 Å². The van der Waals surface area contributed by atoms with Crippen LogP contribution in [0.15, 0.2) is 47.5 Å². The summed E-state index contributed by atoms with van der Waals surface area (Å²) in [6.45, 7) is 6.47. The number of imidazole rings is 1. The van der Waals surface area contributed by atoms with E-state index in [0.29, 0.717) is 30.7 Å². The monoisotopic (exact) mass is 420 g/mol. The third kappa shape index (κ3) is 3.45. The Morgan fingerprint density at radius 2 is 2.06 bits per heavy atom. The van der Waals surface area contributed by atoms with Crippen LogP contribution in [0, 0.1) is 0 Å². The summed E-state index contributed by atoms with van der Waals surface area (Å²) in [6, 6.07) is 9.43. The molecule has 0 saturated carbocycles. The van der Waals surface area contributed by atoms with E-state index in [0.717, 1.165) is 16.8 Å². The van der Waals surface area contributed by atoms with Crippen LogP contribution in [0.3, 0.4) is 0 Å². The maximum absolute atomic E-state index is 12.8. The summed E-state index contributed by atoms with van der Waals surface area (Å²) in [6.07, 6.45) is 3.96. The van der Waals surface area contributed by atoms with Gasteiger partial charge in [0.1, 0.15) is 5.60 Å². The Kier molecular flexibility index (Phi) is 4.35. The number of hydrogen-bond acceptors (Lipinski definition) is 5. The first-order chi connectivity index (χ1) is 14.8. The standard InChI is InChI=1S/C22H24N6O3/c1-22(2,3)31-21(30)26-11-9-14(13-26)28-19-17(25-20(28)29)8-7-16(24-19)15-12-23-27-10-5-4-6-18(15)27/h4-8,10,12,14H,9,11,13H2,1-3H3,(H,25,29). The molecular formula is C22H24N6O3. The van der Waals surface area contributed by atoms with E-state index in [-0.39, 0.29) is 17.8 Å². The maximum atomic E-state index is 12.8. The Hall–Kier alpha value is -3.62. The number of pyridine rings is 2. The fourth-order valence-corrected chi connectivity index (χ4v) is 4.07. The van der Waals surface area contributed by atoms with E-state index >= 15 is 0 Å². The van der Waals surface area contributed by atoms with Crippen LogP contribution in [-0.2, 0) is 4.74 Å². The Bertz CT molecular complexity index is 1340. The van der Waals surface area contributed by atoms with Crippen LogP contribution in [0.1, 0.15) is 33.2 Å². The first-order valence-corrected chi connectivity index (χ1v) is 10.3. The average molecular weight is 420 g/mol. The lowest BCUT2D eigenvalue weighted by atomic mass is 10.2. The van der Waals surface area contributed by atoms with Crippen molar-refractivity contribution in [1.82, 2.24) is 29.0 Å². The number of H-pyrrole nitrogens is 1. The van der Waals surface area contributed by atoms with Gasteiger partial charge in [0.25, 0.3) is 0 Å². The third-order valence-electron chi connectivity index (χ3n) is 5.45. The lowest BCUT2D eigenvalue weighted by molar-refractivity contribution is 0.0289. The second-order valence-corrected chi connectivity index (χ2v) is 8.83. The van der Waals surface area contributed by atoms with Gasteiger partial charge in [-0.05, 0) is 51.5 Å². The van der Waals surface area contributed by atoms with Crippen molar-refractivity contribution in [3.05, 3.63) is 53.2 Å². The molecule has 0 spiro atoms. The van der Waals surface area contributed by atoms with Gasteiger partial charge in [-0.15, -0.1) is 0 Å². The zero-order valence-electron chi connectivity index (χ0n) is 17.7. The topological polar surface area (TPSA) is 97.5 Å².